The fourth-order valence-electron chi connectivity index (χ4n) is 4.35. The monoisotopic (exact) mass is 413 g/mol. The minimum atomic E-state index is -0.362. The van der Waals surface area contributed by atoms with Crippen molar-refractivity contribution in [1.82, 2.24) is 30.1 Å². The number of imidazole rings is 1. The van der Waals surface area contributed by atoms with Crippen LogP contribution in [0, 0.1) is 5.82 Å². The average Bonchev–Trinajstić information content (AvgIpc) is 3.43. The largest absolute Gasteiger partial charge is 0.370 e. The zero-order valence-corrected chi connectivity index (χ0v) is 16.8. The molecule has 0 amide bonds. The number of hydrogen-bond donors (Lipinski definition) is 2. The quantitative estimate of drug-likeness (QED) is 0.448. The van der Waals surface area contributed by atoms with Gasteiger partial charge in [-0.05, 0) is 49.1 Å². The lowest BCUT2D eigenvalue weighted by Gasteiger charge is -2.28. The third kappa shape index (κ3) is 3.11. The molecule has 0 unspecified atom stereocenters. The topological polar surface area (TPSA) is 86.4 Å². The first-order valence-corrected chi connectivity index (χ1v) is 10.5. The molecule has 31 heavy (non-hydrogen) atoms. The molecule has 0 saturated carbocycles. The van der Waals surface area contributed by atoms with Crippen molar-refractivity contribution in [3.05, 3.63) is 54.7 Å². The number of aromatic nitrogens is 6. The average molecular weight is 413 g/mol. The number of nitrogens with one attached hydrogen (secondary N) is 2. The van der Waals surface area contributed by atoms with Gasteiger partial charge in [-0.1, -0.05) is 6.07 Å². The van der Waals surface area contributed by atoms with Crippen LogP contribution in [0.4, 0.5) is 10.1 Å². The number of anilines is 1. The highest BCUT2D eigenvalue weighted by atomic mass is 19.1. The fourth-order valence-corrected chi connectivity index (χ4v) is 4.35. The van der Waals surface area contributed by atoms with Gasteiger partial charge < -0.3 is 9.88 Å². The molecule has 8 heteroatoms. The normalized spacial score (nSPS) is 14.5. The van der Waals surface area contributed by atoms with E-state index in [1.165, 1.54) is 31.5 Å². The summed E-state index contributed by atoms with van der Waals surface area (Å²) in [6.07, 6.45) is 8.35. The number of rotatable bonds is 3. The molecule has 0 spiro atoms. The van der Waals surface area contributed by atoms with E-state index in [0.717, 1.165) is 40.8 Å². The van der Waals surface area contributed by atoms with E-state index in [-0.39, 0.29) is 5.82 Å². The molecular weight excluding hydrogens is 393 g/mol. The van der Waals surface area contributed by atoms with Crippen molar-refractivity contribution in [1.29, 1.82) is 0 Å². The van der Waals surface area contributed by atoms with Crippen molar-refractivity contribution in [3.8, 4) is 22.6 Å². The van der Waals surface area contributed by atoms with Crippen LogP contribution in [0.1, 0.15) is 19.3 Å². The van der Waals surface area contributed by atoms with Gasteiger partial charge in [-0.15, -0.1) is 0 Å². The number of aromatic amines is 2. The number of pyridine rings is 2. The molecule has 0 atom stereocenters. The zero-order chi connectivity index (χ0) is 20.8. The summed E-state index contributed by atoms with van der Waals surface area (Å²) < 4.78 is 13.7. The summed E-state index contributed by atoms with van der Waals surface area (Å²) in [7, 11) is 0. The highest BCUT2D eigenvalue weighted by Gasteiger charge is 2.19. The number of nitrogens with zero attached hydrogens (tertiary/aromatic N) is 5. The van der Waals surface area contributed by atoms with Crippen LogP contribution < -0.4 is 4.90 Å². The third-order valence-electron chi connectivity index (χ3n) is 5.89. The summed E-state index contributed by atoms with van der Waals surface area (Å²) in [5.74, 6) is 0.298. The van der Waals surface area contributed by atoms with Gasteiger partial charge in [-0.3, -0.25) is 10.1 Å². The lowest BCUT2D eigenvalue weighted by molar-refractivity contribution is 0.578. The summed E-state index contributed by atoms with van der Waals surface area (Å²) in [6.45, 7) is 2.09. The second-order valence-electron chi connectivity index (χ2n) is 7.89. The van der Waals surface area contributed by atoms with Crippen LogP contribution in [0.3, 0.4) is 0 Å². The van der Waals surface area contributed by atoms with Crippen molar-refractivity contribution < 1.29 is 4.39 Å². The summed E-state index contributed by atoms with van der Waals surface area (Å²) in [5.41, 5.74) is 5.92. The Morgan fingerprint density at radius 2 is 1.87 bits per heavy atom. The molecule has 1 aliphatic rings. The van der Waals surface area contributed by atoms with Crippen molar-refractivity contribution in [3.63, 3.8) is 0 Å². The van der Waals surface area contributed by atoms with E-state index in [0.29, 0.717) is 22.7 Å². The number of fused-ring (bicyclic) bond motifs is 2. The number of halogens is 1. The minimum Gasteiger partial charge on any atom is -0.370 e. The van der Waals surface area contributed by atoms with Crippen molar-refractivity contribution >= 4 is 27.8 Å². The molecule has 0 bridgehead atoms. The summed E-state index contributed by atoms with van der Waals surface area (Å²) >= 11 is 0. The Bertz CT molecular complexity index is 1400. The number of hydrogen-bond acceptors (Lipinski definition) is 5. The molecular formula is C23H20FN7. The lowest BCUT2D eigenvalue weighted by Crippen LogP contribution is -2.29. The standard InChI is InChI=1S/C23H20FN7/c24-16-10-15(12-25-13-16)14-4-5-18-17(11-14)20(30-29-18)23-27-21-19(6-7-26-22(21)28-23)31-8-2-1-3-9-31/h4-7,10-13H,1-3,8-9H2,(H,29,30)(H,26,27,28). The second-order valence-corrected chi connectivity index (χ2v) is 7.89. The molecule has 0 radical (unpaired) electrons. The smallest absolute Gasteiger partial charge is 0.180 e. The Balaban J connectivity index is 1.46. The molecule has 7 nitrogen and oxygen atoms in total. The molecule has 1 aromatic carbocycles. The van der Waals surface area contributed by atoms with Gasteiger partial charge in [-0.25, -0.2) is 14.4 Å². The van der Waals surface area contributed by atoms with E-state index >= 15 is 0 Å². The van der Waals surface area contributed by atoms with Gasteiger partial charge in [0.1, 0.15) is 17.0 Å². The summed E-state index contributed by atoms with van der Waals surface area (Å²) in [5, 5.41) is 8.48. The summed E-state index contributed by atoms with van der Waals surface area (Å²) in [6, 6.07) is 9.37. The molecule has 6 rings (SSSR count). The predicted octanol–water partition coefficient (Wildman–Crippen LogP) is 4.69. The molecule has 4 aromatic heterocycles. The maximum absolute atomic E-state index is 13.7. The highest BCUT2D eigenvalue weighted by Crippen LogP contribution is 2.32. The van der Waals surface area contributed by atoms with Gasteiger partial charge >= 0.3 is 0 Å². The maximum atomic E-state index is 13.7. The first-order valence-electron chi connectivity index (χ1n) is 10.5. The fraction of sp³-hybridized carbons (Fsp3) is 0.217. The van der Waals surface area contributed by atoms with Crippen LogP contribution in [0.2, 0.25) is 0 Å². The SMILES string of the molecule is Fc1cncc(-c2ccc3[nH]nc(-c4nc5nccc(N6CCCCC6)c5[nH]4)c3c2)c1. The second kappa shape index (κ2) is 7.16. The summed E-state index contributed by atoms with van der Waals surface area (Å²) in [4.78, 5) is 19.0. The van der Waals surface area contributed by atoms with Crippen molar-refractivity contribution in [2.75, 3.05) is 18.0 Å². The Morgan fingerprint density at radius 1 is 0.968 bits per heavy atom. The van der Waals surface area contributed by atoms with E-state index in [2.05, 4.69) is 30.0 Å². The molecule has 154 valence electrons. The molecule has 1 aliphatic heterocycles. The van der Waals surface area contributed by atoms with Gasteiger partial charge in [-0.2, -0.15) is 5.10 Å². The molecule has 5 heterocycles. The van der Waals surface area contributed by atoms with Gasteiger partial charge in [0.2, 0.25) is 0 Å². The Hall–Kier alpha value is -3.81. The van der Waals surface area contributed by atoms with Crippen LogP contribution in [0.15, 0.2) is 48.9 Å². The van der Waals surface area contributed by atoms with Crippen LogP contribution in [-0.4, -0.2) is 43.2 Å². The van der Waals surface area contributed by atoms with Crippen LogP contribution in [0.5, 0.6) is 0 Å². The van der Waals surface area contributed by atoms with Crippen molar-refractivity contribution in [2.45, 2.75) is 19.3 Å². The molecule has 1 saturated heterocycles. The van der Waals surface area contributed by atoms with E-state index < -0.39 is 0 Å². The van der Waals surface area contributed by atoms with Gasteiger partial charge in [0.25, 0.3) is 0 Å². The van der Waals surface area contributed by atoms with E-state index in [4.69, 9.17) is 4.98 Å². The van der Waals surface area contributed by atoms with E-state index in [1.54, 1.807) is 6.20 Å². The molecule has 2 N–H and O–H groups in total. The molecule has 0 aliphatic carbocycles. The first kappa shape index (κ1) is 18.0. The highest BCUT2D eigenvalue weighted by molar-refractivity contribution is 5.96. The third-order valence-corrected chi connectivity index (χ3v) is 5.89. The van der Waals surface area contributed by atoms with Crippen molar-refractivity contribution in [2.24, 2.45) is 0 Å². The maximum Gasteiger partial charge on any atom is 0.180 e. The zero-order valence-electron chi connectivity index (χ0n) is 16.8. The number of piperidine rings is 1. The van der Waals surface area contributed by atoms with E-state index in [9.17, 15) is 4.39 Å². The lowest BCUT2D eigenvalue weighted by atomic mass is 10.0. The Kier molecular flexibility index (Phi) is 4.15. The Morgan fingerprint density at radius 3 is 2.74 bits per heavy atom. The van der Waals surface area contributed by atoms with Crippen LogP contribution in [-0.2, 0) is 0 Å². The van der Waals surface area contributed by atoms with Gasteiger partial charge in [0.05, 0.1) is 17.4 Å². The molecule has 5 aromatic rings. The van der Waals surface area contributed by atoms with Crippen LogP contribution in [0.25, 0.3) is 44.7 Å². The predicted molar refractivity (Wildman–Crippen MR) is 118 cm³/mol. The van der Waals surface area contributed by atoms with Gasteiger partial charge in [0, 0.05) is 36.4 Å². The van der Waals surface area contributed by atoms with Crippen LogP contribution >= 0.6 is 0 Å². The Labute approximate surface area is 177 Å². The number of benzene rings is 1. The van der Waals surface area contributed by atoms with E-state index in [1.807, 2.05) is 30.5 Å². The first-order chi connectivity index (χ1) is 15.3. The minimum absolute atomic E-state index is 0.362. The van der Waals surface area contributed by atoms with Gasteiger partial charge in [0.15, 0.2) is 11.5 Å². The number of H-pyrrole nitrogens is 2. The molecule has 1 fully saturated rings.